The molecule has 0 saturated heterocycles. The topological polar surface area (TPSA) is 46.2 Å². The second-order valence-corrected chi connectivity index (χ2v) is 6.69. The van der Waals surface area contributed by atoms with E-state index in [1.165, 1.54) is 18.2 Å². The lowest BCUT2D eigenvalue weighted by Crippen LogP contribution is -2.13. The molecule has 0 aliphatic carbocycles. The fourth-order valence-corrected chi connectivity index (χ4v) is 3.30. The standard InChI is InChI=1S/C18H14FNO2S/c19-16-7-4-8-18(13-16)23(21,22)20-17-11-9-15(10-12-17)14-5-2-1-3-6-14/h1-13,20H. The normalized spacial score (nSPS) is 11.2. The Kier molecular flexibility index (Phi) is 4.12. The molecule has 3 aromatic rings. The Bertz CT molecular complexity index is 907. The van der Waals surface area contributed by atoms with Crippen LogP contribution in [-0.2, 0) is 10.0 Å². The van der Waals surface area contributed by atoms with Gasteiger partial charge >= 0.3 is 0 Å². The van der Waals surface area contributed by atoms with Crippen LogP contribution < -0.4 is 4.72 Å². The molecule has 1 N–H and O–H groups in total. The van der Waals surface area contributed by atoms with Gasteiger partial charge in [-0.1, -0.05) is 48.5 Å². The second kappa shape index (κ2) is 6.22. The maximum Gasteiger partial charge on any atom is 0.261 e. The lowest BCUT2D eigenvalue weighted by molar-refractivity contribution is 0.595. The van der Waals surface area contributed by atoms with E-state index in [2.05, 4.69) is 4.72 Å². The van der Waals surface area contributed by atoms with Crippen molar-refractivity contribution in [1.29, 1.82) is 0 Å². The maximum absolute atomic E-state index is 13.2. The predicted molar refractivity (Wildman–Crippen MR) is 89.1 cm³/mol. The number of hydrogen-bond donors (Lipinski definition) is 1. The van der Waals surface area contributed by atoms with Gasteiger partial charge in [0.15, 0.2) is 0 Å². The molecule has 3 nitrogen and oxygen atoms in total. The summed E-state index contributed by atoms with van der Waals surface area (Å²) in [6, 6.07) is 21.7. The summed E-state index contributed by atoms with van der Waals surface area (Å²) < 4.78 is 40.1. The zero-order valence-electron chi connectivity index (χ0n) is 12.1. The van der Waals surface area contributed by atoms with Gasteiger partial charge in [-0.05, 0) is 41.5 Å². The Labute approximate surface area is 134 Å². The van der Waals surface area contributed by atoms with E-state index < -0.39 is 15.8 Å². The van der Waals surface area contributed by atoms with Gasteiger partial charge in [0.1, 0.15) is 5.82 Å². The van der Waals surface area contributed by atoms with Crippen molar-refractivity contribution in [3.8, 4) is 11.1 Å². The fraction of sp³-hybridized carbons (Fsp3) is 0. The Balaban J connectivity index is 1.83. The summed E-state index contributed by atoms with van der Waals surface area (Å²) in [6.07, 6.45) is 0. The van der Waals surface area contributed by atoms with Crippen molar-refractivity contribution in [2.45, 2.75) is 4.90 Å². The van der Waals surface area contributed by atoms with Crippen LogP contribution in [0.4, 0.5) is 10.1 Å². The molecule has 116 valence electrons. The van der Waals surface area contributed by atoms with Gasteiger partial charge in [0.05, 0.1) is 4.90 Å². The Morgan fingerprint density at radius 2 is 1.39 bits per heavy atom. The number of hydrogen-bond acceptors (Lipinski definition) is 2. The molecule has 0 saturated carbocycles. The van der Waals surface area contributed by atoms with Crippen LogP contribution in [0.15, 0.2) is 83.8 Å². The molecular weight excluding hydrogens is 313 g/mol. The molecule has 23 heavy (non-hydrogen) atoms. The Hall–Kier alpha value is -2.66. The van der Waals surface area contributed by atoms with Gasteiger partial charge < -0.3 is 0 Å². The SMILES string of the molecule is O=S(=O)(Nc1ccc(-c2ccccc2)cc1)c1cccc(F)c1. The average molecular weight is 327 g/mol. The van der Waals surface area contributed by atoms with Crippen molar-refractivity contribution in [1.82, 2.24) is 0 Å². The van der Waals surface area contributed by atoms with Crippen LogP contribution >= 0.6 is 0 Å². The third-order valence-corrected chi connectivity index (χ3v) is 4.73. The van der Waals surface area contributed by atoms with Crippen LogP contribution in [0.3, 0.4) is 0 Å². The molecule has 0 spiro atoms. The third kappa shape index (κ3) is 3.57. The van der Waals surface area contributed by atoms with Gasteiger partial charge in [0.2, 0.25) is 0 Å². The molecule has 0 heterocycles. The number of rotatable bonds is 4. The minimum absolute atomic E-state index is 0.107. The number of anilines is 1. The van der Waals surface area contributed by atoms with Crippen LogP contribution in [0.25, 0.3) is 11.1 Å². The minimum Gasteiger partial charge on any atom is -0.280 e. The van der Waals surface area contributed by atoms with E-state index in [0.29, 0.717) is 5.69 Å². The number of nitrogens with one attached hydrogen (secondary N) is 1. The molecule has 0 unspecified atom stereocenters. The van der Waals surface area contributed by atoms with E-state index >= 15 is 0 Å². The van der Waals surface area contributed by atoms with Crippen molar-refractivity contribution in [2.24, 2.45) is 0 Å². The smallest absolute Gasteiger partial charge is 0.261 e. The van der Waals surface area contributed by atoms with E-state index in [9.17, 15) is 12.8 Å². The lowest BCUT2D eigenvalue weighted by atomic mass is 10.1. The fourth-order valence-electron chi connectivity index (χ4n) is 2.21. The lowest BCUT2D eigenvalue weighted by Gasteiger charge is -2.09. The first-order valence-electron chi connectivity index (χ1n) is 6.98. The van der Waals surface area contributed by atoms with Gasteiger partial charge in [-0.2, -0.15) is 0 Å². The van der Waals surface area contributed by atoms with Gasteiger partial charge in [-0.15, -0.1) is 0 Å². The molecule has 3 aromatic carbocycles. The molecule has 0 atom stereocenters. The van der Waals surface area contributed by atoms with E-state index in [1.807, 2.05) is 42.5 Å². The van der Waals surface area contributed by atoms with Crippen LogP contribution in [-0.4, -0.2) is 8.42 Å². The zero-order chi connectivity index (χ0) is 16.3. The highest BCUT2D eigenvalue weighted by molar-refractivity contribution is 7.92. The van der Waals surface area contributed by atoms with Crippen LogP contribution in [0.5, 0.6) is 0 Å². The van der Waals surface area contributed by atoms with Crippen molar-refractivity contribution in [3.05, 3.63) is 84.7 Å². The Morgan fingerprint density at radius 1 is 0.739 bits per heavy atom. The molecule has 0 aromatic heterocycles. The molecule has 0 bridgehead atoms. The van der Waals surface area contributed by atoms with Crippen LogP contribution in [0.1, 0.15) is 0 Å². The Morgan fingerprint density at radius 3 is 2.04 bits per heavy atom. The third-order valence-electron chi connectivity index (χ3n) is 3.35. The van der Waals surface area contributed by atoms with Crippen molar-refractivity contribution in [3.63, 3.8) is 0 Å². The molecule has 3 rings (SSSR count). The molecule has 0 fully saturated rings. The first-order chi connectivity index (χ1) is 11.0. The maximum atomic E-state index is 13.2. The number of sulfonamides is 1. The van der Waals surface area contributed by atoms with E-state index in [1.54, 1.807) is 12.1 Å². The molecule has 0 radical (unpaired) electrons. The highest BCUT2D eigenvalue weighted by Crippen LogP contribution is 2.22. The first-order valence-corrected chi connectivity index (χ1v) is 8.47. The van der Waals surface area contributed by atoms with Gasteiger partial charge in [-0.3, -0.25) is 4.72 Å². The summed E-state index contributed by atoms with van der Waals surface area (Å²) in [5, 5.41) is 0. The van der Waals surface area contributed by atoms with E-state index in [-0.39, 0.29) is 4.90 Å². The van der Waals surface area contributed by atoms with Crippen molar-refractivity contribution >= 4 is 15.7 Å². The predicted octanol–water partition coefficient (Wildman–Crippen LogP) is 4.29. The summed E-state index contributed by atoms with van der Waals surface area (Å²) in [6.45, 7) is 0. The highest BCUT2D eigenvalue weighted by atomic mass is 32.2. The van der Waals surface area contributed by atoms with Crippen molar-refractivity contribution < 1.29 is 12.8 Å². The summed E-state index contributed by atoms with van der Waals surface area (Å²) in [4.78, 5) is -0.107. The van der Waals surface area contributed by atoms with Gasteiger partial charge in [0, 0.05) is 5.69 Å². The number of benzene rings is 3. The minimum atomic E-state index is -3.80. The molecule has 0 amide bonds. The summed E-state index contributed by atoms with van der Waals surface area (Å²) in [5.74, 6) is -0.590. The summed E-state index contributed by atoms with van der Waals surface area (Å²) in [5.41, 5.74) is 2.46. The molecule has 0 aliphatic rings. The quantitative estimate of drug-likeness (QED) is 0.777. The highest BCUT2D eigenvalue weighted by Gasteiger charge is 2.14. The first kappa shape index (κ1) is 15.2. The summed E-state index contributed by atoms with van der Waals surface area (Å²) >= 11 is 0. The number of halogens is 1. The zero-order valence-corrected chi connectivity index (χ0v) is 12.9. The van der Waals surface area contributed by atoms with E-state index in [0.717, 1.165) is 17.2 Å². The molecule has 0 aliphatic heterocycles. The average Bonchev–Trinajstić information content (AvgIpc) is 2.56. The van der Waals surface area contributed by atoms with Crippen LogP contribution in [0, 0.1) is 5.82 Å². The second-order valence-electron chi connectivity index (χ2n) is 5.01. The van der Waals surface area contributed by atoms with Crippen molar-refractivity contribution in [2.75, 3.05) is 4.72 Å². The largest absolute Gasteiger partial charge is 0.280 e. The molecular formula is C18H14FNO2S. The van der Waals surface area contributed by atoms with Gasteiger partial charge in [0.25, 0.3) is 10.0 Å². The van der Waals surface area contributed by atoms with Crippen LogP contribution in [0.2, 0.25) is 0 Å². The summed E-state index contributed by atoms with van der Waals surface area (Å²) in [7, 11) is -3.80. The van der Waals surface area contributed by atoms with E-state index in [4.69, 9.17) is 0 Å². The van der Waals surface area contributed by atoms with Gasteiger partial charge in [-0.25, -0.2) is 12.8 Å². The monoisotopic (exact) mass is 327 g/mol. The molecule has 5 heteroatoms.